The van der Waals surface area contributed by atoms with Gasteiger partial charge in [0.05, 0.1) is 30.4 Å². The monoisotopic (exact) mass is 313 g/mol. The van der Waals surface area contributed by atoms with Crippen molar-refractivity contribution >= 4 is 15.9 Å². The highest BCUT2D eigenvalue weighted by Crippen LogP contribution is 2.25. The summed E-state index contributed by atoms with van der Waals surface area (Å²) in [6.07, 6.45) is 7.14. The molecule has 21 heavy (non-hydrogen) atoms. The van der Waals surface area contributed by atoms with Gasteiger partial charge < -0.3 is 4.90 Å². The Bertz CT molecular complexity index is 551. The quantitative estimate of drug-likeness (QED) is 0.769. The molecule has 0 bridgehead atoms. The molecule has 1 saturated heterocycles. The summed E-state index contributed by atoms with van der Waals surface area (Å²) in [6, 6.07) is 0. The predicted octanol–water partition coefficient (Wildman–Crippen LogP) is 1.62. The van der Waals surface area contributed by atoms with Gasteiger partial charge in [-0.25, -0.2) is 4.98 Å². The zero-order valence-corrected chi connectivity index (χ0v) is 13.6. The standard InChI is InChI=1S/C14H23N3O3S/c1-4-13-9-16-14(10-15-13)17-7-5-12(6-8-17)11(2)20-21(3,18)19/h9-12H,4-8H2,1-3H3. The van der Waals surface area contributed by atoms with Crippen molar-refractivity contribution in [3.8, 4) is 0 Å². The van der Waals surface area contributed by atoms with Crippen molar-refractivity contribution in [2.24, 2.45) is 5.92 Å². The topological polar surface area (TPSA) is 72.4 Å². The molecule has 1 aromatic heterocycles. The van der Waals surface area contributed by atoms with Crippen molar-refractivity contribution in [3.05, 3.63) is 18.1 Å². The lowest BCUT2D eigenvalue weighted by Gasteiger charge is -2.34. The fourth-order valence-electron chi connectivity index (χ4n) is 2.65. The molecule has 0 amide bonds. The average Bonchev–Trinajstić information content (AvgIpc) is 2.46. The van der Waals surface area contributed by atoms with Crippen LogP contribution < -0.4 is 4.90 Å². The van der Waals surface area contributed by atoms with Crippen LogP contribution in [0.25, 0.3) is 0 Å². The fourth-order valence-corrected chi connectivity index (χ4v) is 3.35. The van der Waals surface area contributed by atoms with Gasteiger partial charge in [0, 0.05) is 13.1 Å². The van der Waals surface area contributed by atoms with E-state index in [1.807, 2.05) is 19.3 Å². The Kier molecular flexibility index (Phi) is 5.16. The van der Waals surface area contributed by atoms with Gasteiger partial charge in [-0.1, -0.05) is 6.92 Å². The molecule has 1 aliphatic rings. The molecular formula is C14H23N3O3S. The summed E-state index contributed by atoms with van der Waals surface area (Å²) in [6.45, 7) is 5.58. The SMILES string of the molecule is CCc1cnc(N2CCC(C(C)OS(C)(=O)=O)CC2)cn1. The highest BCUT2D eigenvalue weighted by molar-refractivity contribution is 7.86. The Balaban J connectivity index is 1.90. The zero-order chi connectivity index (χ0) is 15.5. The molecule has 7 heteroatoms. The summed E-state index contributed by atoms with van der Waals surface area (Å²) in [4.78, 5) is 11.0. The van der Waals surface area contributed by atoms with Crippen LogP contribution in [0.5, 0.6) is 0 Å². The number of rotatable bonds is 5. The van der Waals surface area contributed by atoms with Crippen LogP contribution >= 0.6 is 0 Å². The van der Waals surface area contributed by atoms with Gasteiger partial charge >= 0.3 is 0 Å². The van der Waals surface area contributed by atoms with Crippen molar-refractivity contribution in [1.82, 2.24) is 9.97 Å². The number of piperidine rings is 1. The minimum atomic E-state index is -3.38. The molecule has 1 fully saturated rings. The summed E-state index contributed by atoms with van der Waals surface area (Å²) in [7, 11) is -3.38. The van der Waals surface area contributed by atoms with Crippen LogP contribution in [0.4, 0.5) is 5.82 Å². The largest absolute Gasteiger partial charge is 0.355 e. The summed E-state index contributed by atoms with van der Waals surface area (Å²) in [5.41, 5.74) is 0.990. The zero-order valence-electron chi connectivity index (χ0n) is 12.8. The van der Waals surface area contributed by atoms with Crippen LogP contribution in [0.1, 0.15) is 32.4 Å². The maximum atomic E-state index is 11.2. The molecule has 0 spiro atoms. The minimum absolute atomic E-state index is 0.263. The average molecular weight is 313 g/mol. The third-order valence-electron chi connectivity index (χ3n) is 3.91. The van der Waals surface area contributed by atoms with E-state index in [-0.39, 0.29) is 12.0 Å². The lowest BCUT2D eigenvalue weighted by atomic mass is 9.92. The fraction of sp³-hybridized carbons (Fsp3) is 0.714. The van der Waals surface area contributed by atoms with Gasteiger partial charge in [-0.15, -0.1) is 0 Å². The molecule has 1 aromatic rings. The molecule has 1 atom stereocenters. The van der Waals surface area contributed by atoms with E-state index in [9.17, 15) is 8.42 Å². The predicted molar refractivity (Wildman–Crippen MR) is 81.7 cm³/mol. The molecule has 2 heterocycles. The van der Waals surface area contributed by atoms with Crippen LogP contribution in [0.3, 0.4) is 0 Å². The normalized spacial score (nSPS) is 18.7. The second-order valence-electron chi connectivity index (χ2n) is 5.55. The van der Waals surface area contributed by atoms with E-state index < -0.39 is 10.1 Å². The smallest absolute Gasteiger partial charge is 0.264 e. The number of hydrogen-bond acceptors (Lipinski definition) is 6. The molecule has 2 rings (SSSR count). The summed E-state index contributed by atoms with van der Waals surface area (Å²) >= 11 is 0. The Hall–Kier alpha value is -1.21. The summed E-state index contributed by atoms with van der Waals surface area (Å²) < 4.78 is 27.4. The maximum Gasteiger partial charge on any atom is 0.264 e. The van der Waals surface area contributed by atoms with E-state index in [0.717, 1.165) is 50.1 Å². The number of aryl methyl sites for hydroxylation is 1. The maximum absolute atomic E-state index is 11.2. The molecule has 0 N–H and O–H groups in total. The first-order valence-electron chi connectivity index (χ1n) is 7.33. The first-order chi connectivity index (χ1) is 9.89. The van der Waals surface area contributed by atoms with Gasteiger partial charge in [-0.05, 0) is 32.1 Å². The number of anilines is 1. The van der Waals surface area contributed by atoms with Crippen LogP contribution in [-0.4, -0.2) is 43.8 Å². The molecule has 0 aliphatic carbocycles. The van der Waals surface area contributed by atoms with Crippen LogP contribution in [0.15, 0.2) is 12.4 Å². The number of nitrogens with zero attached hydrogens (tertiary/aromatic N) is 3. The van der Waals surface area contributed by atoms with Crippen molar-refractivity contribution in [3.63, 3.8) is 0 Å². The van der Waals surface area contributed by atoms with E-state index in [1.165, 1.54) is 0 Å². The molecule has 0 saturated carbocycles. The lowest BCUT2D eigenvalue weighted by molar-refractivity contribution is 0.141. The molecule has 118 valence electrons. The third kappa shape index (κ3) is 4.64. The molecule has 1 unspecified atom stereocenters. The van der Waals surface area contributed by atoms with Gasteiger partial charge in [0.1, 0.15) is 5.82 Å². The lowest BCUT2D eigenvalue weighted by Crippen LogP contribution is -2.38. The molecule has 0 aromatic carbocycles. The number of aromatic nitrogens is 2. The van der Waals surface area contributed by atoms with Crippen LogP contribution in [0, 0.1) is 5.92 Å². The Morgan fingerprint density at radius 2 is 2.00 bits per heavy atom. The van der Waals surface area contributed by atoms with Crippen molar-refractivity contribution in [2.75, 3.05) is 24.2 Å². The Labute approximate surface area is 126 Å². The second kappa shape index (κ2) is 6.70. The van der Waals surface area contributed by atoms with Gasteiger partial charge in [-0.3, -0.25) is 9.17 Å². The first-order valence-corrected chi connectivity index (χ1v) is 9.15. The Morgan fingerprint density at radius 3 is 2.48 bits per heavy atom. The van der Waals surface area contributed by atoms with Crippen LogP contribution in [0.2, 0.25) is 0 Å². The van der Waals surface area contributed by atoms with E-state index in [4.69, 9.17) is 4.18 Å². The summed E-state index contributed by atoms with van der Waals surface area (Å²) in [5.74, 6) is 1.15. The molecular weight excluding hydrogens is 290 g/mol. The highest BCUT2D eigenvalue weighted by Gasteiger charge is 2.27. The minimum Gasteiger partial charge on any atom is -0.355 e. The molecule has 6 nitrogen and oxygen atoms in total. The highest BCUT2D eigenvalue weighted by atomic mass is 32.2. The number of hydrogen-bond donors (Lipinski definition) is 0. The van der Waals surface area contributed by atoms with E-state index in [2.05, 4.69) is 21.8 Å². The first kappa shape index (κ1) is 16.2. The van der Waals surface area contributed by atoms with Crippen molar-refractivity contribution in [2.45, 2.75) is 39.2 Å². The van der Waals surface area contributed by atoms with Crippen molar-refractivity contribution in [1.29, 1.82) is 0 Å². The van der Waals surface area contributed by atoms with Gasteiger partial charge in [-0.2, -0.15) is 8.42 Å². The summed E-state index contributed by atoms with van der Waals surface area (Å²) in [5, 5.41) is 0. The van der Waals surface area contributed by atoms with Gasteiger partial charge in [0.2, 0.25) is 0 Å². The third-order valence-corrected chi connectivity index (χ3v) is 4.56. The van der Waals surface area contributed by atoms with Gasteiger partial charge in [0.25, 0.3) is 10.1 Å². The van der Waals surface area contributed by atoms with E-state index >= 15 is 0 Å². The van der Waals surface area contributed by atoms with Gasteiger partial charge in [0.15, 0.2) is 0 Å². The van der Waals surface area contributed by atoms with Crippen LogP contribution in [-0.2, 0) is 20.7 Å². The second-order valence-corrected chi connectivity index (χ2v) is 7.15. The molecule has 1 aliphatic heterocycles. The Morgan fingerprint density at radius 1 is 1.33 bits per heavy atom. The molecule has 0 radical (unpaired) electrons. The van der Waals surface area contributed by atoms with E-state index in [0.29, 0.717) is 0 Å². The van der Waals surface area contributed by atoms with E-state index in [1.54, 1.807) is 0 Å². The van der Waals surface area contributed by atoms with Crippen molar-refractivity contribution < 1.29 is 12.6 Å².